The molecule has 2 aliphatic rings. The maximum atomic E-state index is 9.78. The summed E-state index contributed by atoms with van der Waals surface area (Å²) in [6.07, 6.45) is 5.43. The molecule has 0 amide bonds. The van der Waals surface area contributed by atoms with Crippen LogP contribution in [0.15, 0.2) is 28.5 Å². The van der Waals surface area contributed by atoms with Crippen molar-refractivity contribution in [2.45, 2.75) is 53.4 Å². The molecule has 218 valence electrons. The van der Waals surface area contributed by atoms with Crippen molar-refractivity contribution in [1.29, 1.82) is 0 Å². The summed E-state index contributed by atoms with van der Waals surface area (Å²) in [6.45, 7) is 12.2. The van der Waals surface area contributed by atoms with E-state index < -0.39 is 0 Å². The molecule has 0 unspecified atom stereocenters. The van der Waals surface area contributed by atoms with Crippen molar-refractivity contribution in [3.8, 4) is 17.1 Å². The number of aliphatic hydroxyl groups is 1. The Bertz CT molecular complexity index is 1560. The summed E-state index contributed by atoms with van der Waals surface area (Å²) in [6, 6.07) is 2.03. The van der Waals surface area contributed by atoms with Crippen molar-refractivity contribution in [3.63, 3.8) is 0 Å². The van der Waals surface area contributed by atoms with Crippen LogP contribution in [-0.4, -0.2) is 97.3 Å². The molecular formula is C29H39N8O4+. The Morgan fingerprint density at radius 2 is 2.07 bits per heavy atom. The molecule has 5 rings (SSSR count). The molecular weight excluding hydrogens is 524 g/mol. The maximum Gasteiger partial charge on any atom is 0.293 e. The molecule has 12 heteroatoms. The van der Waals surface area contributed by atoms with E-state index in [1.54, 1.807) is 22.7 Å². The first-order chi connectivity index (χ1) is 19.8. The lowest BCUT2D eigenvalue weighted by molar-refractivity contribution is -0.478. The fourth-order valence-corrected chi connectivity index (χ4v) is 5.37. The molecule has 0 aliphatic carbocycles. The minimum Gasteiger partial charge on any atom is -0.473 e. The van der Waals surface area contributed by atoms with E-state index in [1.807, 2.05) is 39.1 Å². The molecule has 2 bridgehead atoms. The van der Waals surface area contributed by atoms with Gasteiger partial charge in [-0.2, -0.15) is 10.2 Å². The number of hydrogen-bond donors (Lipinski definition) is 2. The quantitative estimate of drug-likeness (QED) is 0.454. The van der Waals surface area contributed by atoms with Crippen molar-refractivity contribution in [1.82, 2.24) is 29.9 Å². The Hall–Kier alpha value is -3.87. The van der Waals surface area contributed by atoms with Gasteiger partial charge in [0, 0.05) is 30.7 Å². The fraction of sp³-hybridized carbons (Fsp3) is 0.483. The third-order valence-corrected chi connectivity index (χ3v) is 7.63. The van der Waals surface area contributed by atoms with E-state index in [2.05, 4.69) is 41.0 Å². The summed E-state index contributed by atoms with van der Waals surface area (Å²) < 4.78 is 21.6. The van der Waals surface area contributed by atoms with Crippen LogP contribution < -0.4 is 4.74 Å². The van der Waals surface area contributed by atoms with Crippen LogP contribution >= 0.6 is 0 Å². The predicted octanol–water partition coefficient (Wildman–Crippen LogP) is 3.01. The van der Waals surface area contributed by atoms with E-state index in [9.17, 15) is 5.11 Å². The van der Waals surface area contributed by atoms with Crippen LogP contribution in [0, 0.1) is 6.92 Å². The molecule has 0 saturated heterocycles. The minimum atomic E-state index is -0.206. The molecule has 12 nitrogen and oxygen atoms in total. The van der Waals surface area contributed by atoms with Crippen molar-refractivity contribution in [2.75, 3.05) is 33.4 Å². The highest BCUT2D eigenvalue weighted by atomic mass is 16.5. The number of fused-ring (bicyclic) bond motifs is 3. The number of H-pyrrole nitrogens is 1. The Labute approximate surface area is 239 Å². The van der Waals surface area contributed by atoms with Gasteiger partial charge in [-0.25, -0.2) is 4.68 Å². The third-order valence-electron chi connectivity index (χ3n) is 7.63. The van der Waals surface area contributed by atoms with Gasteiger partial charge >= 0.3 is 0 Å². The van der Waals surface area contributed by atoms with Crippen LogP contribution in [0.5, 0.6) is 5.88 Å². The number of aromatic nitrogens is 5. The van der Waals surface area contributed by atoms with E-state index in [4.69, 9.17) is 24.3 Å². The zero-order chi connectivity index (χ0) is 29.3. The Morgan fingerprint density at radius 3 is 2.78 bits per heavy atom. The number of pyridine rings is 1. The molecule has 3 aromatic heterocycles. The average molecular weight is 564 g/mol. The smallest absolute Gasteiger partial charge is 0.293 e. The minimum absolute atomic E-state index is 0.0118. The molecule has 2 N–H and O–H groups in total. The zero-order valence-electron chi connectivity index (χ0n) is 24.8. The topological polar surface area (TPSA) is 126 Å². The van der Waals surface area contributed by atoms with Crippen LogP contribution in [-0.2, 0) is 23.1 Å². The van der Waals surface area contributed by atoms with Crippen LogP contribution in [0.2, 0.25) is 0 Å². The van der Waals surface area contributed by atoms with Crippen molar-refractivity contribution in [2.24, 2.45) is 12.1 Å². The number of aliphatic hydroxyl groups excluding tert-OH is 1. The Morgan fingerprint density at radius 1 is 1.27 bits per heavy atom. The Kier molecular flexibility index (Phi) is 8.34. The fourth-order valence-electron chi connectivity index (χ4n) is 5.37. The summed E-state index contributed by atoms with van der Waals surface area (Å²) in [7, 11) is 3.53. The molecule has 2 atom stereocenters. The highest BCUT2D eigenvalue weighted by molar-refractivity contribution is 6.00. The van der Waals surface area contributed by atoms with E-state index in [0.29, 0.717) is 31.5 Å². The first kappa shape index (κ1) is 28.7. The number of methoxy groups -OCH3 is 1. The van der Waals surface area contributed by atoms with Crippen molar-refractivity contribution in [3.05, 3.63) is 40.5 Å². The largest absolute Gasteiger partial charge is 0.473 e. The lowest BCUT2D eigenvalue weighted by Gasteiger charge is -2.31. The second-order valence-electron chi connectivity index (χ2n) is 10.2. The van der Waals surface area contributed by atoms with Gasteiger partial charge < -0.3 is 19.3 Å². The van der Waals surface area contributed by atoms with Crippen LogP contribution in [0.1, 0.15) is 44.8 Å². The number of rotatable bonds is 5. The number of nitrogens with one attached hydrogen (secondary N) is 1. The molecule has 0 saturated carbocycles. The third kappa shape index (κ3) is 5.30. The normalized spacial score (nSPS) is 21.5. The van der Waals surface area contributed by atoms with Crippen LogP contribution in [0.25, 0.3) is 28.2 Å². The molecule has 0 aromatic carbocycles. The highest BCUT2D eigenvalue weighted by Crippen LogP contribution is 2.36. The number of hydrazone groups is 1. The molecule has 3 aromatic rings. The lowest BCUT2D eigenvalue weighted by atomic mass is 10.1. The van der Waals surface area contributed by atoms with Crippen LogP contribution in [0.4, 0.5) is 0 Å². The summed E-state index contributed by atoms with van der Waals surface area (Å²) >= 11 is 0. The number of likely N-dealkylation sites (N-methyl/N-ethyl adjacent to an activating group) is 1. The van der Waals surface area contributed by atoms with Gasteiger partial charge in [-0.05, 0) is 52.5 Å². The summed E-state index contributed by atoms with van der Waals surface area (Å²) in [5.74, 6) is 1.14. The van der Waals surface area contributed by atoms with Gasteiger partial charge in [-0.1, -0.05) is 11.6 Å². The van der Waals surface area contributed by atoms with Gasteiger partial charge in [0.05, 0.1) is 42.4 Å². The highest BCUT2D eigenvalue weighted by Gasteiger charge is 2.36. The van der Waals surface area contributed by atoms with Crippen molar-refractivity contribution >= 4 is 29.1 Å². The second-order valence-corrected chi connectivity index (χ2v) is 10.2. The average Bonchev–Trinajstić information content (AvgIpc) is 3.59. The molecule has 0 spiro atoms. The number of aromatic amines is 1. The summed E-state index contributed by atoms with van der Waals surface area (Å²) in [5.41, 5.74) is 6.44. The van der Waals surface area contributed by atoms with Gasteiger partial charge in [-0.3, -0.25) is 15.0 Å². The molecule has 0 fully saturated rings. The van der Waals surface area contributed by atoms with Gasteiger partial charge in [0.2, 0.25) is 17.8 Å². The van der Waals surface area contributed by atoms with E-state index >= 15 is 0 Å². The van der Waals surface area contributed by atoms with E-state index in [-0.39, 0.29) is 18.8 Å². The first-order valence-electron chi connectivity index (χ1n) is 14.0. The monoisotopic (exact) mass is 563 g/mol. The summed E-state index contributed by atoms with van der Waals surface area (Å²) in [5, 5.41) is 27.9. The van der Waals surface area contributed by atoms with E-state index in [0.717, 1.165) is 57.1 Å². The van der Waals surface area contributed by atoms with Crippen molar-refractivity contribution < 1.29 is 24.0 Å². The number of ether oxygens (including phenoxy) is 3. The standard InChI is InChI=1S/C29H39N8O4/c1-8-36-15-25-20(28(40-9-2)34-37(25)12-13-38)10-11-22-21-14-23(30-17(3)27(21)32-31-22)26-24(16-39-7)33-35(6)29(26)41-19(5)18(36)4/h10-12,14,18-19,38H,8-9,13,15-16H2,1-7H3,(H,31,32)/q+1/b11-10+,37-12-/t18-,19+/m1/s1. The first-order valence-corrected chi connectivity index (χ1v) is 14.0. The molecule has 5 heterocycles. The van der Waals surface area contributed by atoms with Crippen LogP contribution in [0.3, 0.4) is 0 Å². The molecule has 2 aliphatic heterocycles. The summed E-state index contributed by atoms with van der Waals surface area (Å²) in [4.78, 5) is 7.25. The van der Waals surface area contributed by atoms with Gasteiger partial charge in [0.15, 0.2) is 0 Å². The van der Waals surface area contributed by atoms with Gasteiger partial charge in [-0.15, -0.1) is 0 Å². The predicted molar refractivity (Wildman–Crippen MR) is 157 cm³/mol. The van der Waals surface area contributed by atoms with E-state index in [1.165, 1.54) is 0 Å². The number of aryl methyl sites for hydroxylation is 2. The Balaban J connectivity index is 1.77. The molecule has 41 heavy (non-hydrogen) atoms. The molecule has 0 radical (unpaired) electrons. The number of hydrogen-bond acceptors (Lipinski definition) is 9. The second kappa shape index (κ2) is 11.9. The maximum absolute atomic E-state index is 9.78. The SMILES string of the molecule is CCOC1=N/[N+](=C\CO)C2=C1/C=C/c1[nH]nc3c(C)nc(cc13)-c1c(COC)nn(C)c1O[C@@H](C)[C@@H](C)N(CC)C2. The number of nitrogens with zero attached hydrogens (tertiary/aromatic N) is 7. The van der Waals surface area contributed by atoms with Gasteiger partial charge in [0.25, 0.3) is 5.90 Å². The lowest BCUT2D eigenvalue weighted by Crippen LogP contribution is -2.44. The van der Waals surface area contributed by atoms with Gasteiger partial charge in [0.1, 0.15) is 29.5 Å². The zero-order valence-corrected chi connectivity index (χ0v) is 24.8.